The van der Waals surface area contributed by atoms with Crippen LogP contribution < -0.4 is 5.32 Å². The molecule has 4 aromatic rings. The minimum Gasteiger partial charge on any atom is -0.481 e. The number of rotatable bonds is 7. The van der Waals surface area contributed by atoms with Gasteiger partial charge in [-0.25, -0.2) is 23.7 Å². The predicted molar refractivity (Wildman–Crippen MR) is 145 cm³/mol. The van der Waals surface area contributed by atoms with Gasteiger partial charge in [-0.1, -0.05) is 0 Å². The van der Waals surface area contributed by atoms with Crippen LogP contribution in [0.2, 0.25) is 0 Å². The van der Waals surface area contributed by atoms with Crippen LogP contribution in [0.3, 0.4) is 0 Å². The Morgan fingerprint density at radius 3 is 2.20 bits per heavy atom. The van der Waals surface area contributed by atoms with Crippen molar-refractivity contribution >= 4 is 24.0 Å². The zero-order valence-electron chi connectivity index (χ0n) is 22.5. The van der Waals surface area contributed by atoms with Gasteiger partial charge in [0.15, 0.2) is 5.82 Å². The number of benzene rings is 2. The van der Waals surface area contributed by atoms with E-state index in [-0.39, 0.29) is 25.0 Å². The first-order valence-corrected chi connectivity index (χ1v) is 12.4. The standard InChI is InChI=1S/C25H21F2N5O4.C3H7NO/c1-25(23(33)34)12-35-22(36-13-25)21-31-19(14-2-4-15(26)5-3-14)20(32-21)18-10-11-28-24(30-18)29-17-8-6-16(27)7-9-17;1-4(2)3-5/h2-11,22H,12-13H2,1H3,(H,31,32)(H,33,34)(H,28,29,30);3H,1-2H3. The number of amides is 1. The number of anilines is 2. The van der Waals surface area contributed by atoms with Gasteiger partial charge in [0.2, 0.25) is 18.6 Å². The molecule has 0 unspecified atom stereocenters. The number of aromatic nitrogens is 4. The number of carboxylic acid groups (broad SMARTS) is 1. The number of hydrogen-bond acceptors (Lipinski definition) is 8. The van der Waals surface area contributed by atoms with E-state index in [0.717, 1.165) is 6.41 Å². The second kappa shape index (κ2) is 12.6. The van der Waals surface area contributed by atoms with E-state index in [1.807, 2.05) is 0 Å². The third kappa shape index (κ3) is 7.26. The fraction of sp³-hybridized carbons (Fsp3) is 0.250. The third-order valence-corrected chi connectivity index (χ3v) is 5.91. The van der Waals surface area contributed by atoms with E-state index < -0.39 is 23.5 Å². The molecule has 0 spiro atoms. The van der Waals surface area contributed by atoms with Crippen molar-refractivity contribution in [2.45, 2.75) is 13.2 Å². The van der Waals surface area contributed by atoms with Gasteiger partial charge >= 0.3 is 5.97 Å². The van der Waals surface area contributed by atoms with Crippen LogP contribution in [0.1, 0.15) is 19.0 Å². The van der Waals surface area contributed by atoms with Gasteiger partial charge in [-0.3, -0.25) is 9.59 Å². The van der Waals surface area contributed by atoms with Crippen molar-refractivity contribution in [3.05, 3.63) is 78.3 Å². The molecule has 1 aliphatic heterocycles. The summed E-state index contributed by atoms with van der Waals surface area (Å²) in [6.07, 6.45) is 1.37. The summed E-state index contributed by atoms with van der Waals surface area (Å²) in [6, 6.07) is 13.2. The molecule has 5 rings (SSSR count). The Morgan fingerprint density at radius 2 is 1.63 bits per heavy atom. The Hall–Kier alpha value is -4.75. The normalized spacial score (nSPS) is 18.1. The number of nitrogens with zero attached hydrogens (tertiary/aromatic N) is 4. The van der Waals surface area contributed by atoms with E-state index in [1.165, 1.54) is 29.2 Å². The number of aromatic amines is 1. The number of aliphatic carboxylic acids is 1. The molecule has 2 aromatic heterocycles. The number of imidazole rings is 1. The first-order chi connectivity index (χ1) is 19.6. The predicted octanol–water partition coefficient (Wildman–Crippen LogP) is 4.40. The van der Waals surface area contributed by atoms with Crippen molar-refractivity contribution in [1.82, 2.24) is 24.8 Å². The van der Waals surface area contributed by atoms with Crippen LogP contribution >= 0.6 is 0 Å². The smallest absolute Gasteiger partial charge is 0.314 e. The molecule has 1 saturated heterocycles. The molecule has 0 aliphatic carbocycles. The van der Waals surface area contributed by atoms with E-state index in [2.05, 4.69) is 25.3 Å². The molecule has 1 aliphatic rings. The van der Waals surface area contributed by atoms with Crippen molar-refractivity contribution in [2.24, 2.45) is 5.41 Å². The molecule has 1 fully saturated rings. The zero-order chi connectivity index (χ0) is 29.6. The number of carbonyl (C=O) groups excluding carboxylic acids is 1. The van der Waals surface area contributed by atoms with Crippen LogP contribution in [0.5, 0.6) is 0 Å². The maximum absolute atomic E-state index is 13.6. The monoisotopic (exact) mass is 566 g/mol. The highest BCUT2D eigenvalue weighted by Crippen LogP contribution is 2.35. The SMILES string of the molecule is CC1(C(=O)O)COC(c2nc(-c3ccc(F)cc3)c(-c3ccnc(Nc4ccc(F)cc4)n3)[nH]2)OC1.CN(C)C=O. The Kier molecular flexibility index (Phi) is 9.00. The summed E-state index contributed by atoms with van der Waals surface area (Å²) in [5.74, 6) is -1.20. The Morgan fingerprint density at radius 1 is 1.05 bits per heavy atom. The van der Waals surface area contributed by atoms with Crippen molar-refractivity contribution in [3.8, 4) is 22.6 Å². The number of carbonyl (C=O) groups is 2. The number of carboxylic acids is 1. The summed E-state index contributed by atoms with van der Waals surface area (Å²) in [7, 11) is 3.38. The Labute approximate surface area is 234 Å². The lowest BCUT2D eigenvalue weighted by Crippen LogP contribution is -2.42. The lowest BCUT2D eigenvalue weighted by atomic mass is 9.92. The minimum atomic E-state index is -1.17. The van der Waals surface area contributed by atoms with Gasteiger partial charge in [0.05, 0.1) is 30.3 Å². The van der Waals surface area contributed by atoms with Crippen LogP contribution in [-0.4, -0.2) is 69.6 Å². The fourth-order valence-corrected chi connectivity index (χ4v) is 3.62. The van der Waals surface area contributed by atoms with Crippen molar-refractivity contribution in [2.75, 3.05) is 32.6 Å². The van der Waals surface area contributed by atoms with Crippen LogP contribution in [-0.2, 0) is 19.1 Å². The second-order valence-corrected chi connectivity index (χ2v) is 9.64. The molecule has 13 heteroatoms. The van der Waals surface area contributed by atoms with Gasteiger partial charge in [-0.2, -0.15) is 0 Å². The lowest BCUT2D eigenvalue weighted by Gasteiger charge is -2.33. The fourth-order valence-electron chi connectivity index (χ4n) is 3.62. The Bertz CT molecular complexity index is 1490. The average molecular weight is 567 g/mol. The topological polar surface area (TPSA) is 143 Å². The average Bonchev–Trinajstić information content (AvgIpc) is 3.41. The Balaban J connectivity index is 0.000000714. The van der Waals surface area contributed by atoms with Crippen molar-refractivity contribution in [1.29, 1.82) is 0 Å². The molecule has 11 nitrogen and oxygen atoms in total. The van der Waals surface area contributed by atoms with Gasteiger partial charge in [-0.05, 0) is 61.5 Å². The number of ether oxygens (including phenoxy) is 2. The van der Waals surface area contributed by atoms with Gasteiger partial charge < -0.3 is 29.8 Å². The lowest BCUT2D eigenvalue weighted by molar-refractivity contribution is -0.236. The number of hydrogen-bond donors (Lipinski definition) is 3. The minimum absolute atomic E-state index is 0.0613. The van der Waals surface area contributed by atoms with Crippen molar-refractivity contribution in [3.63, 3.8) is 0 Å². The molecule has 0 atom stereocenters. The molecule has 0 radical (unpaired) electrons. The van der Waals surface area contributed by atoms with E-state index in [9.17, 15) is 23.5 Å². The van der Waals surface area contributed by atoms with Crippen LogP contribution in [0, 0.1) is 17.0 Å². The number of H-pyrrole nitrogens is 1. The number of halogens is 2. The summed E-state index contributed by atoms with van der Waals surface area (Å²) in [6.45, 7) is 1.42. The maximum atomic E-state index is 13.6. The molecule has 1 amide bonds. The van der Waals surface area contributed by atoms with E-state index in [1.54, 1.807) is 57.5 Å². The summed E-state index contributed by atoms with van der Waals surface area (Å²) in [4.78, 5) is 38.9. The second-order valence-electron chi connectivity index (χ2n) is 9.64. The van der Waals surface area contributed by atoms with Gasteiger partial charge in [0.1, 0.15) is 17.0 Å². The van der Waals surface area contributed by atoms with E-state index >= 15 is 0 Å². The summed E-state index contributed by atoms with van der Waals surface area (Å²) in [5.41, 5.74) is 1.49. The van der Waals surface area contributed by atoms with Crippen LogP contribution in [0.4, 0.5) is 20.4 Å². The van der Waals surface area contributed by atoms with E-state index in [0.29, 0.717) is 34.2 Å². The summed E-state index contributed by atoms with van der Waals surface area (Å²) >= 11 is 0. The molecular formula is C28H28F2N6O5. The maximum Gasteiger partial charge on any atom is 0.314 e. The van der Waals surface area contributed by atoms with Gasteiger partial charge in [-0.15, -0.1) is 0 Å². The largest absolute Gasteiger partial charge is 0.481 e. The van der Waals surface area contributed by atoms with Crippen LogP contribution in [0.15, 0.2) is 60.8 Å². The number of nitrogens with one attached hydrogen (secondary N) is 2. The molecule has 3 heterocycles. The van der Waals surface area contributed by atoms with E-state index in [4.69, 9.17) is 9.47 Å². The third-order valence-electron chi connectivity index (χ3n) is 5.91. The summed E-state index contributed by atoms with van der Waals surface area (Å²) in [5, 5.41) is 12.4. The van der Waals surface area contributed by atoms with Gasteiger partial charge in [0, 0.05) is 31.5 Å². The molecule has 0 bridgehead atoms. The summed E-state index contributed by atoms with van der Waals surface area (Å²) < 4.78 is 38.2. The first-order valence-electron chi connectivity index (χ1n) is 12.4. The first kappa shape index (κ1) is 29.2. The molecule has 0 saturated carbocycles. The highest BCUT2D eigenvalue weighted by molar-refractivity contribution is 5.77. The molecular weight excluding hydrogens is 538 g/mol. The molecule has 2 aromatic carbocycles. The molecule has 3 N–H and O–H groups in total. The highest BCUT2D eigenvalue weighted by Gasteiger charge is 2.41. The molecule has 41 heavy (non-hydrogen) atoms. The molecule has 214 valence electrons. The van der Waals surface area contributed by atoms with Crippen LogP contribution in [0.25, 0.3) is 22.6 Å². The highest BCUT2D eigenvalue weighted by atomic mass is 19.1. The van der Waals surface area contributed by atoms with Crippen molar-refractivity contribution < 1.29 is 33.0 Å². The van der Waals surface area contributed by atoms with Gasteiger partial charge in [0.25, 0.3) is 0 Å². The quantitative estimate of drug-likeness (QED) is 0.278. The zero-order valence-corrected chi connectivity index (χ0v) is 22.5.